The summed E-state index contributed by atoms with van der Waals surface area (Å²) >= 11 is 0. The van der Waals surface area contributed by atoms with E-state index in [9.17, 15) is 29.8 Å². The van der Waals surface area contributed by atoms with Crippen LogP contribution in [0.1, 0.15) is 11.1 Å². The van der Waals surface area contributed by atoms with Gasteiger partial charge in [-0.1, -0.05) is 17.7 Å². The third kappa shape index (κ3) is 6.38. The maximum Gasteiger partial charge on any atom is 0.329 e. The Balaban J connectivity index is 1.69. The highest BCUT2D eigenvalue weighted by Crippen LogP contribution is 2.38. The molecule has 0 heterocycles. The maximum atomic E-state index is 12.0. The number of ether oxygens (including phenoxy) is 2. The van der Waals surface area contributed by atoms with Gasteiger partial charge in [0.25, 0.3) is 5.69 Å². The van der Waals surface area contributed by atoms with Crippen LogP contribution in [0.2, 0.25) is 0 Å². The summed E-state index contributed by atoms with van der Waals surface area (Å²) in [5.41, 5.74) is 2.95. The number of nitro groups is 2. The van der Waals surface area contributed by atoms with Crippen molar-refractivity contribution in [3.63, 3.8) is 0 Å². The molecule has 0 aromatic heterocycles. The van der Waals surface area contributed by atoms with Crippen molar-refractivity contribution in [1.29, 1.82) is 0 Å². The minimum Gasteiger partial charge on any atom is -0.493 e. The average Bonchev–Trinajstić information content (AvgIpc) is 2.86. The average molecular weight is 493 g/mol. The fourth-order valence-electron chi connectivity index (χ4n) is 2.86. The van der Waals surface area contributed by atoms with E-state index in [1.54, 1.807) is 24.3 Å². The molecule has 3 rings (SSSR count). The summed E-state index contributed by atoms with van der Waals surface area (Å²) in [5, 5.41) is 28.4. The summed E-state index contributed by atoms with van der Waals surface area (Å²) in [7, 11) is 1.34. The third-order valence-electron chi connectivity index (χ3n) is 4.65. The van der Waals surface area contributed by atoms with Gasteiger partial charge in [0.15, 0.2) is 11.5 Å². The van der Waals surface area contributed by atoms with E-state index in [0.29, 0.717) is 11.3 Å². The van der Waals surface area contributed by atoms with Crippen LogP contribution in [0, 0.1) is 27.2 Å². The van der Waals surface area contributed by atoms with Crippen LogP contribution >= 0.6 is 0 Å². The Kier molecular flexibility index (Phi) is 7.87. The van der Waals surface area contributed by atoms with Crippen molar-refractivity contribution < 1.29 is 28.9 Å². The molecule has 0 bridgehead atoms. The minimum absolute atomic E-state index is 0.0908. The predicted molar refractivity (Wildman–Crippen MR) is 128 cm³/mol. The van der Waals surface area contributed by atoms with Gasteiger partial charge in [-0.3, -0.25) is 29.8 Å². The monoisotopic (exact) mass is 493 g/mol. The van der Waals surface area contributed by atoms with Crippen molar-refractivity contribution in [2.45, 2.75) is 6.92 Å². The van der Waals surface area contributed by atoms with E-state index in [0.717, 1.165) is 23.8 Å². The number of hydrazone groups is 1. The molecule has 0 aliphatic rings. The van der Waals surface area contributed by atoms with Gasteiger partial charge in [0, 0.05) is 11.8 Å². The molecule has 0 aliphatic carbocycles. The topological polar surface area (TPSA) is 175 Å². The molecule has 3 aromatic rings. The normalized spacial score (nSPS) is 10.5. The Labute approximate surface area is 203 Å². The van der Waals surface area contributed by atoms with Crippen molar-refractivity contribution in [1.82, 2.24) is 5.43 Å². The van der Waals surface area contributed by atoms with Gasteiger partial charge in [0.2, 0.25) is 5.75 Å². The summed E-state index contributed by atoms with van der Waals surface area (Å²) in [5.74, 6) is -1.86. The molecule has 0 atom stereocenters. The fourth-order valence-corrected chi connectivity index (χ4v) is 2.86. The van der Waals surface area contributed by atoms with E-state index in [-0.39, 0.29) is 17.2 Å². The van der Waals surface area contributed by atoms with Crippen molar-refractivity contribution >= 4 is 35.1 Å². The summed E-state index contributed by atoms with van der Waals surface area (Å²) in [6, 6.07) is 14.3. The van der Waals surface area contributed by atoms with Crippen molar-refractivity contribution in [3.8, 4) is 17.2 Å². The van der Waals surface area contributed by atoms with Crippen molar-refractivity contribution in [2.24, 2.45) is 5.10 Å². The van der Waals surface area contributed by atoms with E-state index < -0.39 is 33.0 Å². The lowest BCUT2D eigenvalue weighted by atomic mass is 10.2. The molecule has 2 amide bonds. The van der Waals surface area contributed by atoms with E-state index >= 15 is 0 Å². The molecule has 2 N–H and O–H groups in total. The Morgan fingerprint density at radius 3 is 2.22 bits per heavy atom. The van der Waals surface area contributed by atoms with Gasteiger partial charge in [0.1, 0.15) is 0 Å². The minimum atomic E-state index is -0.982. The maximum absolute atomic E-state index is 12.0. The zero-order valence-corrected chi connectivity index (χ0v) is 19.0. The highest BCUT2D eigenvalue weighted by molar-refractivity contribution is 6.39. The number of nitro benzene ring substituents is 2. The summed E-state index contributed by atoms with van der Waals surface area (Å²) in [6.45, 7) is 1.89. The van der Waals surface area contributed by atoms with Gasteiger partial charge in [-0.2, -0.15) is 5.10 Å². The second-order valence-electron chi connectivity index (χ2n) is 7.20. The Bertz CT molecular complexity index is 1360. The van der Waals surface area contributed by atoms with Gasteiger partial charge in [-0.15, -0.1) is 0 Å². The summed E-state index contributed by atoms with van der Waals surface area (Å²) in [4.78, 5) is 44.6. The smallest absolute Gasteiger partial charge is 0.329 e. The number of rotatable bonds is 8. The number of carbonyl (C=O) groups is 2. The fraction of sp³-hybridized carbons (Fsp3) is 0.0870. The van der Waals surface area contributed by atoms with E-state index in [2.05, 4.69) is 15.8 Å². The van der Waals surface area contributed by atoms with Crippen LogP contribution < -0.4 is 20.2 Å². The molecule has 0 saturated heterocycles. The number of nitrogens with one attached hydrogen (secondary N) is 2. The molecule has 36 heavy (non-hydrogen) atoms. The number of benzene rings is 3. The number of hydrogen-bond donors (Lipinski definition) is 2. The second kappa shape index (κ2) is 11.2. The first-order valence-electron chi connectivity index (χ1n) is 10.2. The Hall–Kier alpha value is -5.33. The first-order valence-corrected chi connectivity index (χ1v) is 10.2. The molecule has 3 aromatic carbocycles. The molecular weight excluding hydrogens is 474 g/mol. The molecule has 0 saturated carbocycles. The molecule has 184 valence electrons. The zero-order valence-electron chi connectivity index (χ0n) is 19.0. The standard InChI is InChI=1S/C23H19N5O8/c1-14-3-6-16(7-4-14)25-22(29)23(30)26-24-13-15-5-9-20(21(11-15)35-2)36-19-10-8-17(27(31)32)12-18(19)28(33)34/h3-13H,1-2H3,(H,25,29)(H,26,30). The Morgan fingerprint density at radius 2 is 1.58 bits per heavy atom. The predicted octanol–water partition coefficient (Wildman–Crippen LogP) is 3.70. The molecule has 13 heteroatoms. The molecule has 0 unspecified atom stereocenters. The first-order chi connectivity index (χ1) is 17.2. The van der Waals surface area contributed by atoms with Gasteiger partial charge in [-0.05, 0) is 48.9 Å². The number of non-ortho nitro benzene ring substituents is 1. The van der Waals surface area contributed by atoms with Crippen LogP contribution in [0.3, 0.4) is 0 Å². The van der Waals surface area contributed by atoms with Crippen molar-refractivity contribution in [2.75, 3.05) is 12.4 Å². The van der Waals surface area contributed by atoms with Crippen LogP contribution in [0.5, 0.6) is 17.2 Å². The summed E-state index contributed by atoms with van der Waals surface area (Å²) < 4.78 is 10.8. The number of methoxy groups -OCH3 is 1. The molecule has 0 aliphatic heterocycles. The van der Waals surface area contributed by atoms with Gasteiger partial charge in [-0.25, -0.2) is 5.43 Å². The zero-order chi connectivity index (χ0) is 26.2. The quantitative estimate of drug-likeness (QED) is 0.207. The number of amides is 2. The summed E-state index contributed by atoms with van der Waals surface area (Å²) in [6.07, 6.45) is 1.25. The molecule has 13 nitrogen and oxygen atoms in total. The van der Waals surface area contributed by atoms with E-state index in [1.165, 1.54) is 31.5 Å². The Morgan fingerprint density at radius 1 is 0.889 bits per heavy atom. The van der Waals surface area contributed by atoms with E-state index in [4.69, 9.17) is 9.47 Å². The van der Waals surface area contributed by atoms with Crippen LogP contribution in [-0.2, 0) is 9.59 Å². The number of nitrogens with zero attached hydrogens (tertiary/aromatic N) is 3. The van der Waals surface area contributed by atoms with Crippen LogP contribution in [0.15, 0.2) is 65.8 Å². The number of anilines is 1. The van der Waals surface area contributed by atoms with Gasteiger partial charge < -0.3 is 14.8 Å². The van der Waals surface area contributed by atoms with E-state index in [1.807, 2.05) is 6.92 Å². The second-order valence-corrected chi connectivity index (χ2v) is 7.20. The third-order valence-corrected chi connectivity index (χ3v) is 4.65. The van der Waals surface area contributed by atoms with Crippen LogP contribution in [0.4, 0.5) is 17.1 Å². The lowest BCUT2D eigenvalue weighted by Crippen LogP contribution is -2.32. The highest BCUT2D eigenvalue weighted by Gasteiger charge is 2.22. The molecule has 0 spiro atoms. The highest BCUT2D eigenvalue weighted by atomic mass is 16.6. The molecule has 0 radical (unpaired) electrons. The van der Waals surface area contributed by atoms with Crippen molar-refractivity contribution in [3.05, 3.63) is 92.0 Å². The lowest BCUT2D eigenvalue weighted by molar-refractivity contribution is -0.394. The van der Waals surface area contributed by atoms with Crippen LogP contribution in [0.25, 0.3) is 0 Å². The SMILES string of the molecule is COc1cc(C=NNC(=O)C(=O)Nc2ccc(C)cc2)ccc1Oc1ccc([N+](=O)[O-])cc1[N+](=O)[O-]. The lowest BCUT2D eigenvalue weighted by Gasteiger charge is -2.11. The van der Waals surface area contributed by atoms with Gasteiger partial charge in [0.05, 0.1) is 29.2 Å². The number of hydrogen-bond acceptors (Lipinski definition) is 9. The largest absolute Gasteiger partial charge is 0.493 e. The molecule has 0 fully saturated rings. The van der Waals surface area contributed by atoms with Gasteiger partial charge >= 0.3 is 17.5 Å². The molecular formula is C23H19N5O8. The number of aryl methyl sites for hydroxylation is 1. The first kappa shape index (κ1) is 25.3. The number of carbonyl (C=O) groups excluding carboxylic acids is 2. The van der Waals surface area contributed by atoms with Crippen LogP contribution in [-0.4, -0.2) is 35.0 Å².